The van der Waals surface area contributed by atoms with E-state index in [2.05, 4.69) is 17.2 Å². The van der Waals surface area contributed by atoms with Crippen LogP contribution in [0.1, 0.15) is 45.4 Å². The van der Waals surface area contributed by atoms with E-state index in [0.717, 1.165) is 38.5 Å². The minimum atomic E-state index is -0.158. The number of nitrogens with one attached hydrogen (secondary N) is 1. The number of amides is 2. The van der Waals surface area contributed by atoms with Gasteiger partial charge >= 0.3 is 0 Å². The zero-order valence-corrected chi connectivity index (χ0v) is 13.3. The van der Waals surface area contributed by atoms with Crippen molar-refractivity contribution in [2.45, 2.75) is 45.4 Å². The Hall–Kier alpha value is -1.43. The third-order valence-corrected chi connectivity index (χ3v) is 4.50. The molecule has 0 atom stereocenters. The molecule has 0 aliphatic heterocycles. The van der Waals surface area contributed by atoms with Crippen LogP contribution < -0.4 is 5.32 Å². The summed E-state index contributed by atoms with van der Waals surface area (Å²) in [6.07, 6.45) is 7.87. The van der Waals surface area contributed by atoms with Crippen LogP contribution in [0.3, 0.4) is 0 Å². The predicted molar refractivity (Wildman–Crippen MR) is 84.2 cm³/mol. The second kappa shape index (κ2) is 8.12. The summed E-state index contributed by atoms with van der Waals surface area (Å²) in [4.78, 5) is 30.2. The molecule has 0 saturated heterocycles. The van der Waals surface area contributed by atoms with Gasteiger partial charge in [0.1, 0.15) is 0 Å². The molecule has 116 valence electrons. The summed E-state index contributed by atoms with van der Waals surface area (Å²) in [5.74, 6) is 0.125. The van der Waals surface area contributed by atoms with Gasteiger partial charge in [-0.2, -0.15) is 0 Å². The molecular formula is C15H23N3O2S. The van der Waals surface area contributed by atoms with E-state index in [4.69, 9.17) is 0 Å². The Balaban J connectivity index is 1.87. The molecule has 1 fully saturated rings. The van der Waals surface area contributed by atoms with Gasteiger partial charge in [0.25, 0.3) is 0 Å². The van der Waals surface area contributed by atoms with Gasteiger partial charge in [-0.25, -0.2) is 4.98 Å². The molecule has 0 aromatic carbocycles. The van der Waals surface area contributed by atoms with Crippen molar-refractivity contribution in [3.63, 3.8) is 0 Å². The fourth-order valence-electron chi connectivity index (χ4n) is 2.35. The summed E-state index contributed by atoms with van der Waals surface area (Å²) in [5, 5.41) is 5.15. The molecule has 0 radical (unpaired) electrons. The van der Waals surface area contributed by atoms with Gasteiger partial charge in [-0.15, -0.1) is 11.3 Å². The van der Waals surface area contributed by atoms with Gasteiger partial charge in [0.2, 0.25) is 11.8 Å². The summed E-state index contributed by atoms with van der Waals surface area (Å²) < 4.78 is 0. The zero-order chi connectivity index (χ0) is 15.1. The lowest BCUT2D eigenvalue weighted by Gasteiger charge is -2.31. The number of carbonyl (C=O) groups excluding carboxylic acids is 2. The van der Waals surface area contributed by atoms with Gasteiger partial charge in [0.05, 0.1) is 6.54 Å². The number of carbonyl (C=O) groups is 2. The van der Waals surface area contributed by atoms with E-state index in [-0.39, 0.29) is 24.3 Å². The minimum absolute atomic E-state index is 0.138. The predicted octanol–water partition coefficient (Wildman–Crippen LogP) is 2.90. The van der Waals surface area contributed by atoms with Gasteiger partial charge in [0.15, 0.2) is 5.13 Å². The smallest absolute Gasteiger partial charge is 0.245 e. The van der Waals surface area contributed by atoms with Crippen LogP contribution >= 0.6 is 11.3 Å². The Bertz CT molecular complexity index is 457. The lowest BCUT2D eigenvalue weighted by molar-refractivity contribution is -0.140. The maximum Gasteiger partial charge on any atom is 0.245 e. The summed E-state index contributed by atoms with van der Waals surface area (Å²) in [7, 11) is 0. The van der Waals surface area contributed by atoms with Crippen molar-refractivity contribution in [3.8, 4) is 0 Å². The quantitative estimate of drug-likeness (QED) is 0.751. The standard InChI is InChI=1S/C15H23N3O2S/c1-2-3-4-9-18(14(20)12-6-5-7-12)11-13(19)17-15-16-8-10-21-15/h8,10,12H,2-7,9,11H2,1H3,(H,16,17,19). The van der Waals surface area contributed by atoms with E-state index in [9.17, 15) is 9.59 Å². The lowest BCUT2D eigenvalue weighted by atomic mass is 9.84. The largest absolute Gasteiger partial charge is 0.333 e. The monoisotopic (exact) mass is 309 g/mol. The summed E-state index contributed by atoms with van der Waals surface area (Å²) in [6, 6.07) is 0. The summed E-state index contributed by atoms with van der Waals surface area (Å²) in [6.45, 7) is 2.94. The number of anilines is 1. The number of rotatable bonds is 8. The number of hydrogen-bond donors (Lipinski definition) is 1. The summed E-state index contributed by atoms with van der Waals surface area (Å²) >= 11 is 1.38. The molecule has 2 amide bonds. The van der Waals surface area contributed by atoms with Crippen molar-refractivity contribution in [3.05, 3.63) is 11.6 Å². The summed E-state index contributed by atoms with van der Waals surface area (Å²) in [5.41, 5.74) is 0. The van der Waals surface area contributed by atoms with Crippen molar-refractivity contribution in [1.82, 2.24) is 9.88 Å². The first-order valence-electron chi connectivity index (χ1n) is 7.69. The molecule has 0 bridgehead atoms. The van der Waals surface area contributed by atoms with E-state index in [1.165, 1.54) is 11.3 Å². The Kier molecular flexibility index (Phi) is 6.17. The molecule has 1 N–H and O–H groups in total. The second-order valence-electron chi connectivity index (χ2n) is 5.48. The maximum absolute atomic E-state index is 12.4. The Morgan fingerprint density at radius 3 is 2.81 bits per heavy atom. The van der Waals surface area contributed by atoms with Crippen LogP contribution in [0.4, 0.5) is 5.13 Å². The molecule has 0 spiro atoms. The molecule has 1 aromatic rings. The van der Waals surface area contributed by atoms with E-state index < -0.39 is 0 Å². The molecule has 21 heavy (non-hydrogen) atoms. The van der Waals surface area contributed by atoms with Crippen LogP contribution in [-0.4, -0.2) is 34.8 Å². The number of hydrogen-bond acceptors (Lipinski definition) is 4. The van der Waals surface area contributed by atoms with E-state index >= 15 is 0 Å². The molecule has 1 saturated carbocycles. The SMILES string of the molecule is CCCCCN(CC(=O)Nc1nccs1)C(=O)C1CCC1. The average molecular weight is 309 g/mol. The Morgan fingerprint density at radius 1 is 1.43 bits per heavy atom. The normalized spacial score (nSPS) is 14.5. The number of unbranched alkanes of at least 4 members (excludes halogenated alkanes) is 2. The van der Waals surface area contributed by atoms with Gasteiger partial charge in [-0.1, -0.05) is 26.2 Å². The van der Waals surface area contributed by atoms with Crippen LogP contribution in [-0.2, 0) is 9.59 Å². The topological polar surface area (TPSA) is 62.3 Å². The van der Waals surface area contributed by atoms with E-state index in [0.29, 0.717) is 11.7 Å². The Morgan fingerprint density at radius 2 is 2.24 bits per heavy atom. The van der Waals surface area contributed by atoms with Crippen molar-refractivity contribution in [2.24, 2.45) is 5.92 Å². The van der Waals surface area contributed by atoms with Crippen molar-refractivity contribution >= 4 is 28.3 Å². The van der Waals surface area contributed by atoms with Gasteiger partial charge in [0, 0.05) is 24.0 Å². The molecule has 1 aliphatic rings. The highest BCUT2D eigenvalue weighted by Crippen LogP contribution is 2.28. The van der Waals surface area contributed by atoms with E-state index in [1.807, 2.05) is 5.38 Å². The zero-order valence-electron chi connectivity index (χ0n) is 12.5. The van der Waals surface area contributed by atoms with Crippen molar-refractivity contribution in [2.75, 3.05) is 18.4 Å². The van der Waals surface area contributed by atoms with Crippen molar-refractivity contribution in [1.29, 1.82) is 0 Å². The third-order valence-electron chi connectivity index (χ3n) is 3.81. The number of aromatic nitrogens is 1. The van der Waals surface area contributed by atoms with E-state index in [1.54, 1.807) is 11.1 Å². The highest BCUT2D eigenvalue weighted by Gasteiger charge is 2.30. The molecule has 5 nitrogen and oxygen atoms in total. The van der Waals surface area contributed by atoms with Crippen LogP contribution in [0.5, 0.6) is 0 Å². The second-order valence-corrected chi connectivity index (χ2v) is 6.37. The van der Waals surface area contributed by atoms with Gasteiger partial charge in [-0.3, -0.25) is 9.59 Å². The van der Waals surface area contributed by atoms with Crippen molar-refractivity contribution < 1.29 is 9.59 Å². The first kappa shape index (κ1) is 15.9. The molecule has 1 heterocycles. The highest BCUT2D eigenvalue weighted by atomic mass is 32.1. The molecule has 2 rings (SSSR count). The number of thiazole rings is 1. The molecule has 0 unspecified atom stereocenters. The molecular weight excluding hydrogens is 286 g/mol. The third kappa shape index (κ3) is 4.81. The highest BCUT2D eigenvalue weighted by molar-refractivity contribution is 7.13. The van der Waals surface area contributed by atoms with Crippen LogP contribution in [0.2, 0.25) is 0 Å². The molecule has 1 aromatic heterocycles. The Labute approximate surface area is 129 Å². The maximum atomic E-state index is 12.4. The van der Waals surface area contributed by atoms with Gasteiger partial charge < -0.3 is 10.2 Å². The molecule has 6 heteroatoms. The van der Waals surface area contributed by atoms with Crippen LogP contribution in [0.25, 0.3) is 0 Å². The fraction of sp³-hybridized carbons (Fsp3) is 0.667. The average Bonchev–Trinajstić information content (AvgIpc) is 2.88. The van der Waals surface area contributed by atoms with Crippen LogP contribution in [0.15, 0.2) is 11.6 Å². The number of nitrogens with zero attached hydrogens (tertiary/aromatic N) is 2. The first-order chi connectivity index (χ1) is 10.2. The van der Waals surface area contributed by atoms with Crippen LogP contribution in [0, 0.1) is 5.92 Å². The van der Waals surface area contributed by atoms with Gasteiger partial charge in [-0.05, 0) is 19.3 Å². The fourth-order valence-corrected chi connectivity index (χ4v) is 2.90. The lowest BCUT2D eigenvalue weighted by Crippen LogP contribution is -2.43. The molecule has 1 aliphatic carbocycles. The first-order valence-corrected chi connectivity index (χ1v) is 8.56. The minimum Gasteiger partial charge on any atom is -0.333 e.